The van der Waals surface area contributed by atoms with Gasteiger partial charge in [-0.25, -0.2) is 8.42 Å². The molecule has 0 amide bonds. The van der Waals surface area contributed by atoms with Crippen molar-refractivity contribution < 1.29 is 13.2 Å². The van der Waals surface area contributed by atoms with Crippen LogP contribution in [0.2, 0.25) is 0 Å². The van der Waals surface area contributed by atoms with Crippen molar-refractivity contribution in [3.05, 3.63) is 24.3 Å². The molecule has 0 spiro atoms. The van der Waals surface area contributed by atoms with Crippen LogP contribution in [0.15, 0.2) is 24.3 Å². The highest BCUT2D eigenvalue weighted by atomic mass is 32.2. The van der Waals surface area contributed by atoms with E-state index in [0.29, 0.717) is 24.6 Å². The molecule has 108 valence electrons. The number of anilines is 1. The molecular formula is C13H22N2O3S. The van der Waals surface area contributed by atoms with Gasteiger partial charge >= 0.3 is 0 Å². The Morgan fingerprint density at radius 2 is 1.79 bits per heavy atom. The smallest absolute Gasteiger partial charge is 0.233 e. The van der Waals surface area contributed by atoms with Gasteiger partial charge in [0.05, 0.1) is 5.75 Å². The molecule has 6 heteroatoms. The van der Waals surface area contributed by atoms with Crippen molar-refractivity contribution in [3.63, 3.8) is 0 Å². The molecule has 0 aliphatic rings. The first-order valence-electron chi connectivity index (χ1n) is 6.15. The second-order valence-electron chi connectivity index (χ2n) is 5.58. The molecule has 0 fully saturated rings. The Morgan fingerprint density at radius 1 is 1.21 bits per heavy atom. The summed E-state index contributed by atoms with van der Waals surface area (Å²) in [6, 6.07) is 6.77. The maximum Gasteiger partial charge on any atom is 0.233 e. The zero-order valence-electron chi connectivity index (χ0n) is 11.6. The van der Waals surface area contributed by atoms with Gasteiger partial charge in [-0.3, -0.25) is 4.72 Å². The molecule has 0 aromatic heterocycles. The first kappa shape index (κ1) is 15.8. The van der Waals surface area contributed by atoms with E-state index >= 15 is 0 Å². The monoisotopic (exact) mass is 286 g/mol. The molecule has 19 heavy (non-hydrogen) atoms. The van der Waals surface area contributed by atoms with Gasteiger partial charge in [0.1, 0.15) is 12.4 Å². The summed E-state index contributed by atoms with van der Waals surface area (Å²) in [5.41, 5.74) is 5.58. The maximum absolute atomic E-state index is 11.9. The first-order valence-corrected chi connectivity index (χ1v) is 7.80. The summed E-state index contributed by atoms with van der Waals surface area (Å²) in [6.45, 7) is 6.54. The van der Waals surface area contributed by atoms with E-state index < -0.39 is 10.0 Å². The third-order valence-electron chi connectivity index (χ3n) is 2.14. The highest BCUT2D eigenvalue weighted by Crippen LogP contribution is 2.20. The second kappa shape index (κ2) is 6.25. The normalized spacial score (nSPS) is 12.2. The lowest BCUT2D eigenvalue weighted by atomic mass is 10.0. The van der Waals surface area contributed by atoms with Gasteiger partial charge in [0.2, 0.25) is 10.0 Å². The van der Waals surface area contributed by atoms with E-state index in [1.807, 2.05) is 20.8 Å². The van der Waals surface area contributed by atoms with Crippen molar-refractivity contribution in [2.75, 3.05) is 23.6 Å². The molecule has 1 aromatic carbocycles. The number of nitrogens with two attached hydrogens (primary N) is 1. The SMILES string of the molecule is CC(C)(C)CS(=O)(=O)Nc1ccc(OCCN)cc1. The Bertz CT molecular complexity index is 490. The van der Waals surface area contributed by atoms with E-state index in [2.05, 4.69) is 4.72 Å². The van der Waals surface area contributed by atoms with Gasteiger partial charge in [-0.2, -0.15) is 0 Å². The highest BCUT2D eigenvalue weighted by molar-refractivity contribution is 7.92. The Balaban J connectivity index is 2.67. The molecule has 0 radical (unpaired) electrons. The highest BCUT2D eigenvalue weighted by Gasteiger charge is 2.21. The van der Waals surface area contributed by atoms with Crippen LogP contribution in [0.1, 0.15) is 20.8 Å². The number of hydrogen-bond donors (Lipinski definition) is 2. The summed E-state index contributed by atoms with van der Waals surface area (Å²) in [4.78, 5) is 0. The van der Waals surface area contributed by atoms with Gasteiger partial charge in [-0.15, -0.1) is 0 Å². The third-order valence-corrected chi connectivity index (χ3v) is 3.93. The quantitative estimate of drug-likeness (QED) is 0.835. The van der Waals surface area contributed by atoms with Crippen LogP contribution in [0.4, 0.5) is 5.69 Å². The molecule has 0 atom stereocenters. The fourth-order valence-electron chi connectivity index (χ4n) is 1.58. The molecule has 1 rings (SSSR count). The van der Waals surface area contributed by atoms with Gasteiger partial charge in [0.15, 0.2) is 0 Å². The minimum atomic E-state index is -3.33. The number of nitrogens with one attached hydrogen (secondary N) is 1. The Kier molecular flexibility index (Phi) is 5.20. The van der Waals surface area contributed by atoms with E-state index in [4.69, 9.17) is 10.5 Å². The second-order valence-corrected chi connectivity index (χ2v) is 7.31. The van der Waals surface area contributed by atoms with Crippen LogP contribution in [0, 0.1) is 5.41 Å². The molecule has 0 saturated heterocycles. The van der Waals surface area contributed by atoms with Crippen molar-refractivity contribution in [2.24, 2.45) is 11.1 Å². The average molecular weight is 286 g/mol. The predicted octanol–water partition coefficient (Wildman–Crippen LogP) is 1.81. The summed E-state index contributed by atoms with van der Waals surface area (Å²) in [5, 5.41) is 0. The summed E-state index contributed by atoms with van der Waals surface area (Å²) < 4.78 is 31.7. The summed E-state index contributed by atoms with van der Waals surface area (Å²) >= 11 is 0. The maximum atomic E-state index is 11.9. The minimum Gasteiger partial charge on any atom is -0.492 e. The number of hydrogen-bond acceptors (Lipinski definition) is 4. The van der Waals surface area contributed by atoms with Crippen LogP contribution in [-0.2, 0) is 10.0 Å². The predicted molar refractivity (Wildman–Crippen MR) is 77.9 cm³/mol. The van der Waals surface area contributed by atoms with E-state index in [1.54, 1.807) is 24.3 Å². The van der Waals surface area contributed by atoms with E-state index in [9.17, 15) is 8.42 Å². The van der Waals surface area contributed by atoms with Gasteiger partial charge in [-0.1, -0.05) is 20.8 Å². The molecule has 0 saturated carbocycles. The molecule has 0 bridgehead atoms. The van der Waals surface area contributed by atoms with Crippen molar-refractivity contribution in [1.82, 2.24) is 0 Å². The van der Waals surface area contributed by atoms with Crippen molar-refractivity contribution in [1.29, 1.82) is 0 Å². The minimum absolute atomic E-state index is 0.0748. The number of benzene rings is 1. The fraction of sp³-hybridized carbons (Fsp3) is 0.538. The van der Waals surface area contributed by atoms with Crippen molar-refractivity contribution >= 4 is 15.7 Å². The lowest BCUT2D eigenvalue weighted by Crippen LogP contribution is -2.26. The van der Waals surface area contributed by atoms with Crippen LogP contribution in [0.5, 0.6) is 5.75 Å². The molecule has 0 heterocycles. The fourth-order valence-corrected chi connectivity index (χ4v) is 3.29. The third kappa shape index (κ3) is 6.45. The van der Waals surface area contributed by atoms with Crippen molar-refractivity contribution in [3.8, 4) is 5.75 Å². The lowest BCUT2D eigenvalue weighted by Gasteiger charge is -2.18. The van der Waals surface area contributed by atoms with Crippen LogP contribution in [0.25, 0.3) is 0 Å². The molecule has 5 nitrogen and oxygen atoms in total. The molecule has 3 N–H and O–H groups in total. The van der Waals surface area contributed by atoms with Gasteiger partial charge in [0, 0.05) is 12.2 Å². The van der Waals surface area contributed by atoms with Gasteiger partial charge < -0.3 is 10.5 Å². The summed E-state index contributed by atoms with van der Waals surface area (Å²) in [7, 11) is -3.33. The number of rotatable bonds is 6. The average Bonchev–Trinajstić information content (AvgIpc) is 2.24. The Labute approximate surface area is 115 Å². The van der Waals surface area contributed by atoms with E-state index in [0.717, 1.165) is 0 Å². The zero-order valence-corrected chi connectivity index (χ0v) is 12.5. The van der Waals surface area contributed by atoms with E-state index in [1.165, 1.54) is 0 Å². The van der Waals surface area contributed by atoms with Crippen LogP contribution >= 0.6 is 0 Å². The summed E-state index contributed by atoms with van der Waals surface area (Å²) in [5.74, 6) is 0.745. The largest absolute Gasteiger partial charge is 0.492 e. The van der Waals surface area contributed by atoms with E-state index in [-0.39, 0.29) is 11.2 Å². The van der Waals surface area contributed by atoms with Crippen LogP contribution in [0.3, 0.4) is 0 Å². The zero-order chi connectivity index (χ0) is 14.5. The van der Waals surface area contributed by atoms with Crippen LogP contribution < -0.4 is 15.2 Å². The molecular weight excluding hydrogens is 264 g/mol. The summed E-state index contributed by atoms with van der Waals surface area (Å²) in [6.07, 6.45) is 0. The first-order chi connectivity index (χ1) is 8.72. The van der Waals surface area contributed by atoms with Crippen LogP contribution in [-0.4, -0.2) is 27.3 Å². The number of sulfonamides is 1. The van der Waals surface area contributed by atoms with Gasteiger partial charge in [0.25, 0.3) is 0 Å². The number of ether oxygens (including phenoxy) is 1. The lowest BCUT2D eigenvalue weighted by molar-refractivity contribution is 0.328. The molecule has 1 aromatic rings. The standard InChI is InChI=1S/C13H22N2O3S/c1-13(2,3)10-19(16,17)15-11-4-6-12(7-5-11)18-9-8-14/h4-7,15H,8-10,14H2,1-3H3. The van der Waals surface area contributed by atoms with Gasteiger partial charge in [-0.05, 0) is 29.7 Å². The Hall–Kier alpha value is -1.27. The molecule has 0 aliphatic heterocycles. The molecule has 0 unspecified atom stereocenters. The molecule has 0 aliphatic carbocycles. The topological polar surface area (TPSA) is 81.4 Å². The van der Waals surface area contributed by atoms with Crippen molar-refractivity contribution in [2.45, 2.75) is 20.8 Å². The Morgan fingerprint density at radius 3 is 2.26 bits per heavy atom.